The Kier molecular flexibility index (Phi) is 4.55. The second-order valence-corrected chi connectivity index (χ2v) is 9.25. The molecule has 5 nitrogen and oxygen atoms in total. The number of aromatic nitrogens is 2. The summed E-state index contributed by atoms with van der Waals surface area (Å²) in [5.41, 5.74) is 4.15. The zero-order valence-electron chi connectivity index (χ0n) is 18.0. The van der Waals surface area contributed by atoms with Crippen LogP contribution in [0.15, 0.2) is 48.0 Å². The maximum atomic E-state index is 15.9. The third-order valence-corrected chi connectivity index (χ3v) is 7.35. The number of hydrogen-bond acceptors (Lipinski definition) is 5. The second-order valence-electron chi connectivity index (χ2n) is 8.30. The van der Waals surface area contributed by atoms with Gasteiger partial charge in [0.1, 0.15) is 11.6 Å². The minimum Gasteiger partial charge on any atom is -0.495 e. The van der Waals surface area contributed by atoms with Crippen LogP contribution in [0.2, 0.25) is 0 Å². The molecule has 6 rings (SSSR count). The van der Waals surface area contributed by atoms with Gasteiger partial charge in [-0.3, -0.25) is 4.98 Å². The number of aromatic amines is 1. The summed E-state index contributed by atoms with van der Waals surface area (Å²) in [6.07, 6.45) is 1.90. The van der Waals surface area contributed by atoms with Crippen molar-refractivity contribution in [2.45, 2.75) is 0 Å². The van der Waals surface area contributed by atoms with E-state index >= 15 is 4.39 Å². The fraction of sp³-hybridized carbons (Fsp3) is 0.240. The van der Waals surface area contributed by atoms with Crippen LogP contribution in [0.4, 0.5) is 10.1 Å². The number of nitrogens with zero attached hydrogens (tertiary/aromatic N) is 3. The molecule has 2 aromatic carbocycles. The predicted molar refractivity (Wildman–Crippen MR) is 131 cm³/mol. The lowest BCUT2D eigenvalue weighted by atomic mass is 10.0. The van der Waals surface area contributed by atoms with Crippen LogP contribution in [-0.2, 0) is 0 Å². The first-order valence-electron chi connectivity index (χ1n) is 10.7. The van der Waals surface area contributed by atoms with Gasteiger partial charge in [-0.1, -0.05) is 18.2 Å². The first-order chi connectivity index (χ1) is 15.7. The number of H-pyrrole nitrogens is 1. The number of likely N-dealkylation sites (N-methyl/N-ethyl adjacent to an activating group) is 1. The number of rotatable bonds is 3. The fourth-order valence-corrected chi connectivity index (χ4v) is 5.58. The number of piperazine rings is 1. The van der Waals surface area contributed by atoms with Gasteiger partial charge < -0.3 is 19.5 Å². The van der Waals surface area contributed by atoms with Crippen molar-refractivity contribution < 1.29 is 9.13 Å². The van der Waals surface area contributed by atoms with E-state index in [1.165, 1.54) is 0 Å². The minimum atomic E-state index is -0.203. The van der Waals surface area contributed by atoms with Gasteiger partial charge >= 0.3 is 0 Å². The van der Waals surface area contributed by atoms with Gasteiger partial charge in [-0.25, -0.2) is 4.39 Å². The molecule has 1 aliphatic heterocycles. The van der Waals surface area contributed by atoms with Crippen molar-refractivity contribution in [3.63, 3.8) is 0 Å². The third kappa shape index (κ3) is 2.88. The van der Waals surface area contributed by atoms with E-state index < -0.39 is 0 Å². The molecule has 5 aromatic rings. The van der Waals surface area contributed by atoms with Gasteiger partial charge in [-0.15, -0.1) is 11.3 Å². The molecule has 0 saturated carbocycles. The van der Waals surface area contributed by atoms with Crippen LogP contribution in [0.5, 0.6) is 5.75 Å². The molecule has 1 fully saturated rings. The average molecular weight is 447 g/mol. The number of benzene rings is 2. The molecule has 0 spiro atoms. The van der Waals surface area contributed by atoms with Gasteiger partial charge in [0.15, 0.2) is 0 Å². The standard InChI is InChI=1S/C25H23FN4OS/c1-29-8-10-30(11-9-29)25-18(26)13-16-22-17(15-5-3-6-19(31-2)23(15)28-22)14-27-24(16)21(25)20-7-4-12-32-20/h3-7,12-14,28H,8-11H2,1-2H3. The van der Waals surface area contributed by atoms with E-state index in [0.29, 0.717) is 5.69 Å². The van der Waals surface area contributed by atoms with Crippen molar-refractivity contribution in [3.8, 4) is 16.2 Å². The second kappa shape index (κ2) is 7.46. The maximum absolute atomic E-state index is 15.9. The molecule has 0 radical (unpaired) electrons. The molecule has 0 aliphatic carbocycles. The zero-order valence-corrected chi connectivity index (χ0v) is 18.8. The summed E-state index contributed by atoms with van der Waals surface area (Å²) in [7, 11) is 3.77. The third-order valence-electron chi connectivity index (χ3n) is 6.46. The highest BCUT2D eigenvalue weighted by Crippen LogP contribution is 2.44. The monoisotopic (exact) mass is 446 g/mol. The molecule has 0 amide bonds. The van der Waals surface area contributed by atoms with Crippen molar-refractivity contribution in [2.24, 2.45) is 0 Å². The van der Waals surface area contributed by atoms with Crippen molar-refractivity contribution in [1.82, 2.24) is 14.9 Å². The molecule has 4 heterocycles. The fourth-order valence-electron chi connectivity index (χ4n) is 4.80. The molecule has 1 saturated heterocycles. The number of anilines is 1. The molecule has 0 unspecified atom stereocenters. The topological polar surface area (TPSA) is 44.4 Å². The van der Waals surface area contributed by atoms with Crippen molar-refractivity contribution >= 4 is 49.7 Å². The minimum absolute atomic E-state index is 0.203. The molecule has 1 aliphatic rings. The van der Waals surface area contributed by atoms with Crippen LogP contribution >= 0.6 is 11.3 Å². The average Bonchev–Trinajstić information content (AvgIpc) is 3.47. The van der Waals surface area contributed by atoms with Crippen LogP contribution in [0.3, 0.4) is 0 Å². The van der Waals surface area contributed by atoms with Crippen LogP contribution in [0, 0.1) is 5.82 Å². The van der Waals surface area contributed by atoms with Gasteiger partial charge in [0, 0.05) is 59.0 Å². The summed E-state index contributed by atoms with van der Waals surface area (Å²) in [6, 6.07) is 11.6. The highest BCUT2D eigenvalue weighted by Gasteiger charge is 2.26. The van der Waals surface area contributed by atoms with Gasteiger partial charge in [0.05, 0.1) is 29.3 Å². The number of ether oxygens (including phenoxy) is 1. The molecular weight excluding hydrogens is 423 g/mol. The Morgan fingerprint density at radius 2 is 1.88 bits per heavy atom. The number of nitrogens with one attached hydrogen (secondary N) is 1. The zero-order chi connectivity index (χ0) is 21.8. The number of fused-ring (bicyclic) bond motifs is 5. The van der Waals surface area contributed by atoms with Crippen LogP contribution in [0.25, 0.3) is 43.1 Å². The van der Waals surface area contributed by atoms with Crippen LogP contribution in [0.1, 0.15) is 0 Å². The molecular formula is C25H23FN4OS. The summed E-state index contributed by atoms with van der Waals surface area (Å²) in [5, 5.41) is 4.82. The lowest BCUT2D eigenvalue weighted by molar-refractivity contribution is 0.312. The van der Waals surface area contributed by atoms with Crippen molar-refractivity contribution in [2.75, 3.05) is 45.2 Å². The molecule has 0 bridgehead atoms. The number of halogens is 1. The van der Waals surface area contributed by atoms with E-state index in [0.717, 1.165) is 75.1 Å². The lowest BCUT2D eigenvalue weighted by Gasteiger charge is -2.35. The van der Waals surface area contributed by atoms with E-state index in [2.05, 4.69) is 27.9 Å². The van der Waals surface area contributed by atoms with Gasteiger partial charge in [-0.05, 0) is 30.6 Å². The molecule has 0 atom stereocenters. The Labute approximate surface area is 189 Å². The van der Waals surface area contributed by atoms with Crippen molar-refractivity contribution in [1.29, 1.82) is 0 Å². The highest BCUT2D eigenvalue weighted by atomic mass is 32.1. The summed E-state index contributed by atoms with van der Waals surface area (Å²) >= 11 is 1.62. The highest BCUT2D eigenvalue weighted by molar-refractivity contribution is 7.13. The number of para-hydroxylation sites is 1. The Hall–Kier alpha value is -3.16. The van der Waals surface area contributed by atoms with E-state index in [1.54, 1.807) is 24.5 Å². The molecule has 1 N–H and O–H groups in total. The smallest absolute Gasteiger partial charge is 0.147 e. The van der Waals surface area contributed by atoms with Gasteiger partial charge in [-0.2, -0.15) is 0 Å². The Morgan fingerprint density at radius 3 is 2.62 bits per heavy atom. The summed E-state index contributed by atoms with van der Waals surface area (Å²) in [5.74, 6) is 0.560. The number of hydrogen-bond donors (Lipinski definition) is 1. The van der Waals surface area contributed by atoms with Gasteiger partial charge in [0.2, 0.25) is 0 Å². The number of methoxy groups -OCH3 is 1. The SMILES string of the molecule is COc1cccc2c1[nH]c1c3cc(F)c(N4CCN(C)CC4)c(-c4cccs4)c3ncc21. The largest absolute Gasteiger partial charge is 0.495 e. The van der Waals surface area contributed by atoms with E-state index in [9.17, 15) is 0 Å². The molecule has 7 heteroatoms. The molecule has 162 valence electrons. The number of thiophene rings is 1. The predicted octanol–water partition coefficient (Wildman–Crippen LogP) is 5.50. The quantitative estimate of drug-likeness (QED) is 0.398. The van der Waals surface area contributed by atoms with E-state index in [1.807, 2.05) is 35.8 Å². The van der Waals surface area contributed by atoms with Crippen LogP contribution < -0.4 is 9.64 Å². The lowest BCUT2D eigenvalue weighted by Crippen LogP contribution is -2.45. The Morgan fingerprint density at radius 1 is 1.03 bits per heavy atom. The molecule has 32 heavy (non-hydrogen) atoms. The maximum Gasteiger partial charge on any atom is 0.147 e. The summed E-state index contributed by atoms with van der Waals surface area (Å²) < 4.78 is 21.4. The van der Waals surface area contributed by atoms with E-state index in [-0.39, 0.29) is 5.82 Å². The normalized spacial score (nSPS) is 15.3. The Bertz CT molecular complexity index is 1450. The first-order valence-corrected chi connectivity index (χ1v) is 11.6. The van der Waals surface area contributed by atoms with Crippen molar-refractivity contribution in [3.05, 3.63) is 53.8 Å². The Balaban J connectivity index is 1.68. The van der Waals surface area contributed by atoms with Gasteiger partial charge in [0.25, 0.3) is 0 Å². The van der Waals surface area contributed by atoms with Crippen LogP contribution in [-0.4, -0.2) is 55.2 Å². The molecule has 3 aromatic heterocycles. The number of pyridine rings is 1. The summed E-state index contributed by atoms with van der Waals surface area (Å²) in [6.45, 7) is 3.41. The van der Waals surface area contributed by atoms with E-state index in [4.69, 9.17) is 9.72 Å². The first kappa shape index (κ1) is 19.5. The summed E-state index contributed by atoms with van der Waals surface area (Å²) in [4.78, 5) is 13.9.